The minimum absolute atomic E-state index is 0.00753. The van der Waals surface area contributed by atoms with E-state index in [9.17, 15) is 4.79 Å². The van der Waals surface area contributed by atoms with Gasteiger partial charge >= 0.3 is 0 Å². The van der Waals surface area contributed by atoms with Crippen LogP contribution in [0.25, 0.3) is 0 Å². The molecule has 0 radical (unpaired) electrons. The summed E-state index contributed by atoms with van der Waals surface area (Å²) in [6.45, 7) is 3.25. The van der Waals surface area contributed by atoms with Crippen LogP contribution in [0.2, 0.25) is 0 Å². The third-order valence-corrected chi connectivity index (χ3v) is 3.32. The summed E-state index contributed by atoms with van der Waals surface area (Å²) in [6, 6.07) is 0. The zero-order valence-electron chi connectivity index (χ0n) is 8.65. The second kappa shape index (κ2) is 5.14. The first kappa shape index (κ1) is 11.2. The number of nitrogens with zero attached hydrogens (tertiary/aromatic N) is 1. The molecule has 1 amide bonds. The van der Waals surface area contributed by atoms with Gasteiger partial charge in [0.25, 0.3) is 0 Å². The maximum atomic E-state index is 11.9. The van der Waals surface area contributed by atoms with Crippen molar-refractivity contribution < 1.29 is 14.3 Å². The van der Waals surface area contributed by atoms with Gasteiger partial charge in [0.2, 0.25) is 5.91 Å². The first-order valence-electron chi connectivity index (χ1n) is 5.41. The van der Waals surface area contributed by atoms with E-state index in [1.807, 2.05) is 0 Å². The van der Waals surface area contributed by atoms with Gasteiger partial charge in [-0.2, -0.15) is 0 Å². The molecule has 2 fully saturated rings. The summed E-state index contributed by atoms with van der Waals surface area (Å²) in [6.07, 6.45) is 1.80. The molecule has 4 nitrogen and oxygen atoms in total. The highest BCUT2D eigenvalue weighted by Crippen LogP contribution is 2.21. The zero-order chi connectivity index (χ0) is 10.7. The Morgan fingerprint density at radius 3 is 2.67 bits per heavy atom. The first-order valence-corrected chi connectivity index (χ1v) is 5.85. The van der Waals surface area contributed by atoms with Crippen molar-refractivity contribution in [3.05, 3.63) is 0 Å². The average molecular weight is 234 g/mol. The number of rotatable bonds is 2. The quantitative estimate of drug-likeness (QED) is 0.657. The fraction of sp³-hybridized carbons (Fsp3) is 0.900. The van der Waals surface area contributed by atoms with Gasteiger partial charge in [-0.1, -0.05) is 0 Å². The van der Waals surface area contributed by atoms with E-state index in [0.717, 1.165) is 19.4 Å². The molecule has 0 bridgehead atoms. The number of carbonyl (C=O) groups is 1. The Hall–Kier alpha value is -0.320. The lowest BCUT2D eigenvalue weighted by Gasteiger charge is -2.29. The standard InChI is InChI=1S/C10H16ClNO3/c11-9(8-2-1-5-15-8)10(13)12-3-6-14-7-4-12/h8-9H,1-7H2. The fourth-order valence-electron chi connectivity index (χ4n) is 1.95. The van der Waals surface area contributed by atoms with Gasteiger partial charge in [0, 0.05) is 19.7 Å². The number of morpholine rings is 1. The van der Waals surface area contributed by atoms with E-state index in [2.05, 4.69) is 0 Å². The molecule has 2 aliphatic rings. The number of amides is 1. The number of carbonyl (C=O) groups excluding carboxylic acids is 1. The van der Waals surface area contributed by atoms with Crippen LogP contribution in [0.3, 0.4) is 0 Å². The Kier molecular flexibility index (Phi) is 3.83. The van der Waals surface area contributed by atoms with Crippen LogP contribution in [-0.2, 0) is 14.3 Å². The van der Waals surface area contributed by atoms with Crippen molar-refractivity contribution in [2.75, 3.05) is 32.9 Å². The predicted molar refractivity (Wildman–Crippen MR) is 56.0 cm³/mol. The van der Waals surface area contributed by atoms with Crippen LogP contribution in [0.5, 0.6) is 0 Å². The van der Waals surface area contributed by atoms with Crippen LogP contribution in [0.1, 0.15) is 12.8 Å². The lowest BCUT2D eigenvalue weighted by molar-refractivity contribution is -0.137. The minimum atomic E-state index is -0.523. The molecule has 2 rings (SSSR count). The van der Waals surface area contributed by atoms with Gasteiger partial charge in [-0.3, -0.25) is 4.79 Å². The molecule has 0 aromatic rings. The second-order valence-electron chi connectivity index (χ2n) is 3.89. The summed E-state index contributed by atoms with van der Waals surface area (Å²) in [7, 11) is 0. The molecular formula is C10H16ClNO3. The smallest absolute Gasteiger partial charge is 0.243 e. The van der Waals surface area contributed by atoms with E-state index in [1.54, 1.807) is 4.90 Å². The topological polar surface area (TPSA) is 38.8 Å². The van der Waals surface area contributed by atoms with E-state index in [1.165, 1.54) is 0 Å². The third-order valence-electron chi connectivity index (χ3n) is 2.85. The van der Waals surface area contributed by atoms with Crippen molar-refractivity contribution in [3.8, 4) is 0 Å². The molecule has 2 unspecified atom stereocenters. The number of hydrogen-bond donors (Lipinski definition) is 0. The lowest BCUT2D eigenvalue weighted by Crippen LogP contribution is -2.47. The molecule has 2 aliphatic heterocycles. The van der Waals surface area contributed by atoms with E-state index < -0.39 is 5.38 Å². The van der Waals surface area contributed by atoms with Crippen molar-refractivity contribution in [2.45, 2.75) is 24.3 Å². The van der Waals surface area contributed by atoms with Crippen LogP contribution in [-0.4, -0.2) is 55.2 Å². The van der Waals surface area contributed by atoms with Gasteiger partial charge in [-0.25, -0.2) is 0 Å². The average Bonchev–Trinajstić information content (AvgIpc) is 2.82. The SMILES string of the molecule is O=C(C(Cl)C1CCCO1)N1CCOCC1. The summed E-state index contributed by atoms with van der Waals surface area (Å²) >= 11 is 6.11. The summed E-state index contributed by atoms with van der Waals surface area (Å²) in [5.41, 5.74) is 0. The predicted octanol–water partition coefficient (Wildman–Crippen LogP) is 0.632. The zero-order valence-corrected chi connectivity index (χ0v) is 9.41. The van der Waals surface area contributed by atoms with Gasteiger partial charge in [0.1, 0.15) is 5.38 Å². The lowest BCUT2D eigenvalue weighted by atomic mass is 10.1. The van der Waals surface area contributed by atoms with E-state index in [0.29, 0.717) is 26.3 Å². The highest BCUT2D eigenvalue weighted by molar-refractivity contribution is 6.31. The number of ether oxygens (including phenoxy) is 2. The van der Waals surface area contributed by atoms with Crippen LogP contribution >= 0.6 is 11.6 Å². The van der Waals surface area contributed by atoms with Crippen molar-refractivity contribution >= 4 is 17.5 Å². The Morgan fingerprint density at radius 1 is 1.33 bits per heavy atom. The number of halogens is 1. The maximum Gasteiger partial charge on any atom is 0.243 e. The largest absolute Gasteiger partial charge is 0.378 e. The molecular weight excluding hydrogens is 218 g/mol. The van der Waals surface area contributed by atoms with Gasteiger partial charge < -0.3 is 14.4 Å². The summed E-state index contributed by atoms with van der Waals surface area (Å²) in [5, 5.41) is -0.523. The molecule has 2 saturated heterocycles. The fourth-order valence-corrected chi connectivity index (χ4v) is 2.29. The molecule has 0 aromatic heterocycles. The summed E-state index contributed by atoms with van der Waals surface area (Å²) < 4.78 is 10.6. The minimum Gasteiger partial charge on any atom is -0.378 e. The first-order chi connectivity index (χ1) is 7.29. The van der Waals surface area contributed by atoms with Gasteiger partial charge in [0.05, 0.1) is 19.3 Å². The van der Waals surface area contributed by atoms with Crippen LogP contribution in [0.4, 0.5) is 0 Å². The Bertz CT molecular complexity index is 225. The molecule has 0 saturated carbocycles. The molecule has 2 heterocycles. The molecule has 0 N–H and O–H groups in total. The van der Waals surface area contributed by atoms with Crippen LogP contribution < -0.4 is 0 Å². The maximum absolute atomic E-state index is 11.9. The van der Waals surface area contributed by atoms with E-state index in [4.69, 9.17) is 21.1 Å². The third kappa shape index (κ3) is 2.62. The van der Waals surface area contributed by atoms with Crippen molar-refractivity contribution in [2.24, 2.45) is 0 Å². The summed E-state index contributed by atoms with van der Waals surface area (Å²) in [4.78, 5) is 13.7. The highest BCUT2D eigenvalue weighted by atomic mass is 35.5. The monoisotopic (exact) mass is 233 g/mol. The van der Waals surface area contributed by atoms with Gasteiger partial charge in [-0.05, 0) is 12.8 Å². The molecule has 0 spiro atoms. The number of hydrogen-bond acceptors (Lipinski definition) is 3. The Morgan fingerprint density at radius 2 is 2.07 bits per heavy atom. The van der Waals surface area contributed by atoms with Crippen molar-refractivity contribution in [1.82, 2.24) is 4.90 Å². The van der Waals surface area contributed by atoms with Crippen molar-refractivity contribution in [3.63, 3.8) is 0 Å². The molecule has 86 valence electrons. The van der Waals surface area contributed by atoms with Crippen LogP contribution in [0, 0.1) is 0 Å². The normalized spacial score (nSPS) is 29.1. The Labute approximate surface area is 94.5 Å². The highest BCUT2D eigenvalue weighted by Gasteiger charge is 2.33. The van der Waals surface area contributed by atoms with Crippen molar-refractivity contribution in [1.29, 1.82) is 0 Å². The van der Waals surface area contributed by atoms with E-state index in [-0.39, 0.29) is 12.0 Å². The molecule has 0 aromatic carbocycles. The molecule has 0 aliphatic carbocycles. The van der Waals surface area contributed by atoms with Gasteiger partial charge in [-0.15, -0.1) is 11.6 Å². The molecule has 5 heteroatoms. The molecule has 2 atom stereocenters. The molecule has 15 heavy (non-hydrogen) atoms. The Balaban J connectivity index is 1.87. The van der Waals surface area contributed by atoms with Gasteiger partial charge in [0.15, 0.2) is 0 Å². The second-order valence-corrected chi connectivity index (χ2v) is 4.36. The van der Waals surface area contributed by atoms with E-state index >= 15 is 0 Å². The number of alkyl halides is 1. The van der Waals surface area contributed by atoms with Crippen LogP contribution in [0.15, 0.2) is 0 Å². The summed E-state index contributed by atoms with van der Waals surface area (Å²) in [5.74, 6) is -0.00753.